The number of benzene rings is 2. The van der Waals surface area contributed by atoms with Gasteiger partial charge in [0.05, 0.1) is 5.02 Å². The standard InChI is InChI=1S/C17H10Cl2F3N5O2/c18-11-3-8-4-15(16-24-26-27-25-16)28-14(8)5-9(11)7-23-10-1-2-13(12(19)6-10)29-17(20,21)22/h1-6,23H,7H2,(H,24,25,26,27). The van der Waals surface area contributed by atoms with Gasteiger partial charge < -0.3 is 14.5 Å². The number of hydrogen-bond acceptors (Lipinski definition) is 6. The van der Waals surface area contributed by atoms with Crippen molar-refractivity contribution in [3.63, 3.8) is 0 Å². The maximum Gasteiger partial charge on any atom is 0.573 e. The van der Waals surface area contributed by atoms with Crippen LogP contribution in [0.5, 0.6) is 5.75 Å². The van der Waals surface area contributed by atoms with Crippen molar-refractivity contribution in [2.75, 3.05) is 5.32 Å². The van der Waals surface area contributed by atoms with Gasteiger partial charge in [0.15, 0.2) is 5.76 Å². The van der Waals surface area contributed by atoms with Gasteiger partial charge in [0.1, 0.15) is 11.3 Å². The fraction of sp³-hybridized carbons (Fsp3) is 0.118. The molecule has 0 bridgehead atoms. The molecule has 2 N–H and O–H groups in total. The van der Waals surface area contributed by atoms with E-state index in [9.17, 15) is 13.2 Å². The third-order valence-electron chi connectivity index (χ3n) is 3.89. The number of hydrogen-bond donors (Lipinski definition) is 2. The molecule has 4 aromatic rings. The first-order valence-corrected chi connectivity index (χ1v) is 8.79. The minimum absolute atomic E-state index is 0.176. The SMILES string of the molecule is FC(F)(F)Oc1ccc(NCc2cc3oc(-c4nn[nH]n4)cc3cc2Cl)cc1Cl. The second-order valence-corrected chi connectivity index (χ2v) is 6.69. The number of furan rings is 1. The van der Waals surface area contributed by atoms with Crippen molar-refractivity contribution in [2.24, 2.45) is 0 Å². The minimum Gasteiger partial charge on any atom is -0.453 e. The number of nitrogens with one attached hydrogen (secondary N) is 2. The van der Waals surface area contributed by atoms with Gasteiger partial charge in [-0.3, -0.25) is 0 Å². The van der Waals surface area contributed by atoms with Crippen molar-refractivity contribution < 1.29 is 22.3 Å². The van der Waals surface area contributed by atoms with Gasteiger partial charge in [0.2, 0.25) is 5.82 Å². The van der Waals surface area contributed by atoms with E-state index in [0.29, 0.717) is 33.4 Å². The van der Waals surface area contributed by atoms with Crippen LogP contribution in [0.15, 0.2) is 40.8 Å². The van der Waals surface area contributed by atoms with Crippen LogP contribution in [0.25, 0.3) is 22.6 Å². The third kappa shape index (κ3) is 4.38. The van der Waals surface area contributed by atoms with Crippen LogP contribution in [0.2, 0.25) is 10.0 Å². The Labute approximate surface area is 170 Å². The largest absolute Gasteiger partial charge is 0.573 e. The number of rotatable bonds is 5. The zero-order valence-corrected chi connectivity index (χ0v) is 15.7. The van der Waals surface area contributed by atoms with E-state index >= 15 is 0 Å². The predicted octanol–water partition coefficient (Wildman–Crippen LogP) is 5.43. The fourth-order valence-electron chi connectivity index (χ4n) is 2.63. The summed E-state index contributed by atoms with van der Waals surface area (Å²) in [5.41, 5.74) is 1.77. The first-order chi connectivity index (χ1) is 13.8. The molecule has 29 heavy (non-hydrogen) atoms. The number of ether oxygens (including phenoxy) is 1. The van der Waals surface area contributed by atoms with Crippen molar-refractivity contribution in [3.8, 4) is 17.3 Å². The highest BCUT2D eigenvalue weighted by Gasteiger charge is 2.32. The summed E-state index contributed by atoms with van der Waals surface area (Å²) in [7, 11) is 0. The molecular weight excluding hydrogens is 434 g/mol. The lowest BCUT2D eigenvalue weighted by Crippen LogP contribution is -2.17. The molecule has 0 amide bonds. The zero-order chi connectivity index (χ0) is 20.6. The number of H-pyrrole nitrogens is 1. The van der Waals surface area contributed by atoms with Gasteiger partial charge in [-0.15, -0.1) is 23.4 Å². The van der Waals surface area contributed by atoms with E-state index in [0.717, 1.165) is 11.5 Å². The lowest BCUT2D eigenvalue weighted by atomic mass is 10.1. The molecule has 0 aliphatic carbocycles. The summed E-state index contributed by atoms with van der Waals surface area (Å²) in [6.07, 6.45) is -4.81. The number of fused-ring (bicyclic) bond motifs is 1. The second-order valence-electron chi connectivity index (χ2n) is 5.87. The van der Waals surface area contributed by atoms with E-state index in [-0.39, 0.29) is 11.6 Å². The molecule has 0 saturated carbocycles. The first kappa shape index (κ1) is 19.3. The average molecular weight is 444 g/mol. The van der Waals surface area contributed by atoms with E-state index in [2.05, 4.69) is 30.7 Å². The molecule has 0 spiro atoms. The lowest BCUT2D eigenvalue weighted by molar-refractivity contribution is -0.274. The lowest BCUT2D eigenvalue weighted by Gasteiger charge is -2.13. The number of nitrogens with zero attached hydrogens (tertiary/aromatic N) is 3. The summed E-state index contributed by atoms with van der Waals surface area (Å²) in [5, 5.41) is 17.7. The molecule has 4 rings (SSSR count). The number of anilines is 1. The first-order valence-electron chi connectivity index (χ1n) is 8.03. The molecule has 0 unspecified atom stereocenters. The molecule has 12 heteroatoms. The van der Waals surface area contributed by atoms with Gasteiger partial charge in [0.25, 0.3) is 0 Å². The number of aromatic nitrogens is 4. The quantitative estimate of drug-likeness (QED) is 0.427. The van der Waals surface area contributed by atoms with Gasteiger partial charge in [0, 0.05) is 22.6 Å². The van der Waals surface area contributed by atoms with Crippen LogP contribution in [0.1, 0.15) is 5.56 Å². The Morgan fingerprint density at radius 3 is 2.62 bits per heavy atom. The summed E-state index contributed by atoms with van der Waals surface area (Å²) in [5.74, 6) is 0.267. The van der Waals surface area contributed by atoms with Crippen molar-refractivity contribution in [3.05, 3.63) is 52.0 Å². The molecule has 2 aromatic heterocycles. The van der Waals surface area contributed by atoms with Gasteiger partial charge in [-0.25, -0.2) is 0 Å². The van der Waals surface area contributed by atoms with Crippen LogP contribution in [-0.2, 0) is 6.54 Å². The van der Waals surface area contributed by atoms with Crippen LogP contribution >= 0.6 is 23.2 Å². The van der Waals surface area contributed by atoms with Crippen LogP contribution in [0.4, 0.5) is 18.9 Å². The van der Waals surface area contributed by atoms with E-state index in [1.165, 1.54) is 12.1 Å². The van der Waals surface area contributed by atoms with E-state index < -0.39 is 12.1 Å². The van der Waals surface area contributed by atoms with E-state index in [1.807, 2.05) is 0 Å². The van der Waals surface area contributed by atoms with Crippen molar-refractivity contribution in [2.45, 2.75) is 12.9 Å². The van der Waals surface area contributed by atoms with Gasteiger partial charge in [-0.05, 0) is 47.2 Å². The van der Waals surface area contributed by atoms with E-state index in [4.69, 9.17) is 27.6 Å². The average Bonchev–Trinajstić information content (AvgIpc) is 3.30. The third-order valence-corrected chi connectivity index (χ3v) is 4.54. The van der Waals surface area contributed by atoms with Gasteiger partial charge >= 0.3 is 6.36 Å². The number of halogens is 5. The number of alkyl halides is 3. The molecule has 0 radical (unpaired) electrons. The molecule has 0 aliphatic heterocycles. The van der Waals surface area contributed by atoms with Crippen LogP contribution < -0.4 is 10.1 Å². The molecular formula is C17H10Cl2F3N5O2. The van der Waals surface area contributed by atoms with Crippen LogP contribution in [-0.4, -0.2) is 27.0 Å². The zero-order valence-electron chi connectivity index (χ0n) is 14.2. The summed E-state index contributed by atoms with van der Waals surface area (Å²) in [6, 6.07) is 9.09. The normalized spacial score (nSPS) is 11.8. The smallest absolute Gasteiger partial charge is 0.453 e. The molecule has 2 heterocycles. The van der Waals surface area contributed by atoms with Crippen molar-refractivity contribution in [1.29, 1.82) is 0 Å². The molecule has 0 atom stereocenters. The summed E-state index contributed by atoms with van der Waals surface area (Å²) in [6.45, 7) is 0.281. The van der Waals surface area contributed by atoms with E-state index in [1.54, 1.807) is 18.2 Å². The molecule has 0 saturated heterocycles. The van der Waals surface area contributed by atoms with Gasteiger partial charge in [-0.2, -0.15) is 5.21 Å². The Bertz CT molecular complexity index is 1160. The Morgan fingerprint density at radius 1 is 1.10 bits per heavy atom. The van der Waals surface area contributed by atoms with Crippen LogP contribution in [0.3, 0.4) is 0 Å². The molecule has 0 aliphatic rings. The molecule has 150 valence electrons. The number of tetrazole rings is 1. The minimum atomic E-state index is -4.81. The second kappa shape index (κ2) is 7.45. The fourth-order valence-corrected chi connectivity index (χ4v) is 3.09. The maximum atomic E-state index is 12.3. The Balaban J connectivity index is 1.52. The summed E-state index contributed by atoms with van der Waals surface area (Å²) >= 11 is 12.2. The molecule has 0 fully saturated rings. The Morgan fingerprint density at radius 2 is 1.93 bits per heavy atom. The van der Waals surface area contributed by atoms with Gasteiger partial charge in [-0.1, -0.05) is 23.2 Å². The highest BCUT2D eigenvalue weighted by molar-refractivity contribution is 6.32. The van der Waals surface area contributed by atoms with Crippen molar-refractivity contribution in [1.82, 2.24) is 20.6 Å². The van der Waals surface area contributed by atoms with Crippen molar-refractivity contribution >= 4 is 39.9 Å². The monoisotopic (exact) mass is 443 g/mol. The Kier molecular flexibility index (Phi) is 4.97. The highest BCUT2D eigenvalue weighted by atomic mass is 35.5. The Hall–Kier alpha value is -2.98. The highest BCUT2D eigenvalue weighted by Crippen LogP contribution is 2.33. The summed E-state index contributed by atoms with van der Waals surface area (Å²) in [4.78, 5) is 0. The topological polar surface area (TPSA) is 88.9 Å². The molecule has 7 nitrogen and oxygen atoms in total. The number of aromatic amines is 1. The molecule has 2 aromatic carbocycles. The predicted molar refractivity (Wildman–Crippen MR) is 99.9 cm³/mol. The maximum absolute atomic E-state index is 12.3. The summed E-state index contributed by atoms with van der Waals surface area (Å²) < 4.78 is 46.5. The van der Waals surface area contributed by atoms with Crippen LogP contribution in [0, 0.1) is 0 Å².